The van der Waals surface area contributed by atoms with E-state index >= 15 is 0 Å². The largest absolute Gasteiger partial charge is 0.342 e. The van der Waals surface area contributed by atoms with Gasteiger partial charge in [0.15, 0.2) is 5.11 Å². The minimum Gasteiger partial charge on any atom is -0.342 e. The monoisotopic (exact) mass is 220 g/mol. The number of thiol groups is 1. The summed E-state index contributed by atoms with van der Waals surface area (Å²) in [5.41, 5.74) is 0. The molecular formula is C7H12N2S3. The van der Waals surface area contributed by atoms with Crippen molar-refractivity contribution in [1.29, 1.82) is 0 Å². The molecule has 68 valence electrons. The second-order valence-corrected chi connectivity index (χ2v) is 4.28. The Kier molecular flexibility index (Phi) is 3.31. The number of thiocarbonyl (C=S) groups is 2. The van der Waals surface area contributed by atoms with Gasteiger partial charge < -0.3 is 4.90 Å². The number of hydrogen-bond donors (Lipinski definition) is 1. The van der Waals surface area contributed by atoms with Gasteiger partial charge in [0.2, 0.25) is 0 Å². The van der Waals surface area contributed by atoms with Crippen molar-refractivity contribution >= 4 is 47.2 Å². The molecule has 0 aromatic heterocycles. The van der Waals surface area contributed by atoms with Crippen molar-refractivity contribution < 1.29 is 0 Å². The minimum atomic E-state index is 0.0848. The first-order valence-electron chi connectivity index (χ1n) is 3.87. The minimum absolute atomic E-state index is 0.0848. The summed E-state index contributed by atoms with van der Waals surface area (Å²) in [6, 6.07) is 0. The van der Waals surface area contributed by atoms with Crippen LogP contribution in [-0.2, 0) is 0 Å². The Bertz CT molecular complexity index is 215. The Hall–Kier alpha value is 0.130. The Morgan fingerprint density at radius 2 is 2.17 bits per heavy atom. The molecule has 2 nitrogen and oxygen atoms in total. The van der Waals surface area contributed by atoms with E-state index in [9.17, 15) is 0 Å². The van der Waals surface area contributed by atoms with Gasteiger partial charge in [0.25, 0.3) is 0 Å². The zero-order valence-electron chi connectivity index (χ0n) is 7.15. The van der Waals surface area contributed by atoms with Gasteiger partial charge in [-0.15, -0.1) is 0 Å². The van der Waals surface area contributed by atoms with E-state index in [0.717, 1.165) is 23.2 Å². The van der Waals surface area contributed by atoms with Crippen LogP contribution >= 0.6 is 37.1 Å². The zero-order chi connectivity index (χ0) is 9.30. The Morgan fingerprint density at radius 1 is 1.58 bits per heavy atom. The fraction of sp³-hybridized carbons (Fsp3) is 0.714. The highest BCUT2D eigenvalue weighted by Gasteiger charge is 2.30. The molecule has 0 radical (unpaired) electrons. The van der Waals surface area contributed by atoms with Crippen molar-refractivity contribution in [3.63, 3.8) is 0 Å². The molecule has 0 aromatic carbocycles. The van der Waals surface area contributed by atoms with Crippen LogP contribution in [0.1, 0.15) is 13.8 Å². The summed E-state index contributed by atoms with van der Waals surface area (Å²) in [7, 11) is 0. The maximum absolute atomic E-state index is 5.23. The van der Waals surface area contributed by atoms with Crippen molar-refractivity contribution in [2.45, 2.75) is 19.2 Å². The molecule has 0 aromatic rings. The Balaban J connectivity index is 2.77. The van der Waals surface area contributed by atoms with E-state index in [-0.39, 0.29) is 5.37 Å². The molecule has 1 heterocycles. The van der Waals surface area contributed by atoms with Crippen LogP contribution in [0.4, 0.5) is 0 Å². The molecule has 1 fully saturated rings. The summed E-state index contributed by atoms with van der Waals surface area (Å²) in [5.74, 6) is 0. The van der Waals surface area contributed by atoms with E-state index in [4.69, 9.17) is 24.4 Å². The summed E-state index contributed by atoms with van der Waals surface area (Å²) in [5, 5.41) is 0.895. The molecule has 1 unspecified atom stereocenters. The molecule has 1 aliphatic heterocycles. The maximum Gasteiger partial charge on any atom is 0.177 e. The summed E-state index contributed by atoms with van der Waals surface area (Å²) in [4.78, 5) is 4.87. The van der Waals surface area contributed by atoms with E-state index in [1.807, 2.05) is 11.8 Å². The lowest BCUT2D eigenvalue weighted by molar-refractivity contribution is 0.498. The second-order valence-electron chi connectivity index (χ2n) is 2.69. The van der Waals surface area contributed by atoms with Gasteiger partial charge in [-0.3, -0.25) is 4.90 Å². The van der Waals surface area contributed by atoms with Crippen molar-refractivity contribution in [3.05, 3.63) is 0 Å². The molecule has 0 aliphatic carbocycles. The number of likely N-dealkylation sites (N-methyl/N-ethyl adjacent to an activating group) is 1. The first kappa shape index (κ1) is 10.2. The predicted molar refractivity (Wildman–Crippen MR) is 62.7 cm³/mol. The van der Waals surface area contributed by atoms with Gasteiger partial charge in [0.1, 0.15) is 4.99 Å². The third-order valence-corrected chi connectivity index (χ3v) is 2.84. The molecule has 5 heteroatoms. The lowest BCUT2D eigenvalue weighted by Crippen LogP contribution is -2.36. The molecule has 0 amide bonds. The van der Waals surface area contributed by atoms with Gasteiger partial charge in [-0.2, -0.15) is 12.6 Å². The highest BCUT2D eigenvalue weighted by Crippen LogP contribution is 2.16. The van der Waals surface area contributed by atoms with Crippen molar-refractivity contribution in [1.82, 2.24) is 9.80 Å². The van der Waals surface area contributed by atoms with Gasteiger partial charge in [-0.25, -0.2) is 0 Å². The van der Waals surface area contributed by atoms with Crippen LogP contribution in [-0.4, -0.2) is 38.4 Å². The van der Waals surface area contributed by atoms with E-state index in [0.29, 0.717) is 0 Å². The molecular weight excluding hydrogens is 208 g/mol. The van der Waals surface area contributed by atoms with Gasteiger partial charge >= 0.3 is 0 Å². The average Bonchev–Trinajstić information content (AvgIpc) is 2.25. The first-order valence-corrected chi connectivity index (χ1v) is 5.20. The quantitative estimate of drug-likeness (QED) is 0.556. The third-order valence-electron chi connectivity index (χ3n) is 1.83. The molecule has 0 saturated carbocycles. The molecule has 1 aliphatic rings. The predicted octanol–water partition coefficient (Wildman–Crippen LogP) is 1.51. The molecule has 1 rings (SSSR count). The van der Waals surface area contributed by atoms with Crippen LogP contribution in [0.5, 0.6) is 0 Å². The standard InChI is InChI=1S/C7H12N2S3/c1-3-8-4-6(11)9(5(2)10)7(8)12/h5,10H,3-4H2,1-2H3. The van der Waals surface area contributed by atoms with Gasteiger partial charge in [0, 0.05) is 6.54 Å². The van der Waals surface area contributed by atoms with Crippen molar-refractivity contribution in [2.24, 2.45) is 0 Å². The maximum atomic E-state index is 5.23. The molecule has 0 spiro atoms. The van der Waals surface area contributed by atoms with Crippen molar-refractivity contribution in [3.8, 4) is 0 Å². The summed E-state index contributed by atoms with van der Waals surface area (Å²) >= 11 is 14.7. The van der Waals surface area contributed by atoms with Crippen LogP contribution < -0.4 is 0 Å². The van der Waals surface area contributed by atoms with Gasteiger partial charge in [0.05, 0.1) is 11.9 Å². The number of nitrogens with zero attached hydrogens (tertiary/aromatic N) is 2. The third kappa shape index (κ3) is 1.72. The lowest BCUT2D eigenvalue weighted by atomic mass is 10.5. The lowest BCUT2D eigenvalue weighted by Gasteiger charge is -2.22. The molecule has 0 bridgehead atoms. The molecule has 12 heavy (non-hydrogen) atoms. The van der Waals surface area contributed by atoms with Crippen molar-refractivity contribution in [2.75, 3.05) is 13.1 Å². The highest BCUT2D eigenvalue weighted by atomic mass is 32.1. The topological polar surface area (TPSA) is 6.48 Å². The van der Waals surface area contributed by atoms with E-state index in [1.165, 1.54) is 0 Å². The Morgan fingerprint density at radius 3 is 2.42 bits per heavy atom. The SMILES string of the molecule is CCN1CC(=S)N(C(C)S)C1=S. The molecule has 1 saturated heterocycles. The van der Waals surface area contributed by atoms with Crippen LogP contribution in [0, 0.1) is 0 Å². The summed E-state index contributed by atoms with van der Waals surface area (Å²) in [6.45, 7) is 5.73. The zero-order valence-corrected chi connectivity index (χ0v) is 9.68. The Labute approximate surface area is 89.3 Å². The van der Waals surface area contributed by atoms with Crippen LogP contribution in [0.3, 0.4) is 0 Å². The van der Waals surface area contributed by atoms with Gasteiger partial charge in [-0.1, -0.05) is 12.2 Å². The molecule has 1 atom stereocenters. The van der Waals surface area contributed by atoms with E-state index < -0.39 is 0 Å². The highest BCUT2D eigenvalue weighted by molar-refractivity contribution is 7.83. The van der Waals surface area contributed by atoms with Crippen LogP contribution in [0.25, 0.3) is 0 Å². The average molecular weight is 220 g/mol. The fourth-order valence-electron chi connectivity index (χ4n) is 1.18. The van der Waals surface area contributed by atoms with E-state index in [2.05, 4.69) is 24.5 Å². The second kappa shape index (κ2) is 3.89. The normalized spacial score (nSPS) is 20.6. The summed E-state index contributed by atoms with van der Waals surface area (Å²) < 4.78 is 0. The molecule has 0 N–H and O–H groups in total. The number of hydrogen-bond acceptors (Lipinski definition) is 3. The summed E-state index contributed by atoms with van der Waals surface area (Å²) in [6.07, 6.45) is 0. The van der Waals surface area contributed by atoms with E-state index in [1.54, 1.807) is 0 Å². The van der Waals surface area contributed by atoms with Crippen LogP contribution in [0.2, 0.25) is 0 Å². The fourth-order valence-corrected chi connectivity index (χ4v) is 2.51. The number of rotatable bonds is 2. The smallest absolute Gasteiger partial charge is 0.177 e. The first-order chi connectivity index (χ1) is 5.57. The van der Waals surface area contributed by atoms with Crippen LogP contribution in [0.15, 0.2) is 0 Å². The van der Waals surface area contributed by atoms with Gasteiger partial charge in [-0.05, 0) is 26.1 Å².